The highest BCUT2D eigenvalue weighted by atomic mass is 16.5. The topological polar surface area (TPSA) is 76.2 Å². The highest BCUT2D eigenvalue weighted by Gasteiger charge is 2.09. The van der Waals surface area contributed by atoms with Crippen molar-refractivity contribution in [1.82, 2.24) is 9.97 Å². The van der Waals surface area contributed by atoms with Crippen LogP contribution in [0.2, 0.25) is 0 Å². The van der Waals surface area contributed by atoms with Gasteiger partial charge in [-0.05, 0) is 13.8 Å². The number of aromatic amines is 1. The Morgan fingerprint density at radius 2 is 2.38 bits per heavy atom. The normalized spacial score (nSPS) is 12.2. The molecular weight excluding hydrogens is 210 g/mol. The first kappa shape index (κ1) is 12.5. The molecule has 90 valence electrons. The summed E-state index contributed by atoms with van der Waals surface area (Å²) >= 11 is 0. The molecule has 1 aromatic heterocycles. The van der Waals surface area contributed by atoms with Gasteiger partial charge in [-0.1, -0.05) is 0 Å². The summed E-state index contributed by atoms with van der Waals surface area (Å²) in [5.41, 5.74) is -0.302. The number of ether oxygens (including phenoxy) is 2. The Hall–Kier alpha value is -1.56. The van der Waals surface area contributed by atoms with Gasteiger partial charge in [0.15, 0.2) is 5.82 Å². The van der Waals surface area contributed by atoms with Crippen molar-refractivity contribution in [2.45, 2.75) is 20.0 Å². The summed E-state index contributed by atoms with van der Waals surface area (Å²) in [7, 11) is 1.43. The summed E-state index contributed by atoms with van der Waals surface area (Å²) in [6.45, 7) is 5.10. The van der Waals surface area contributed by atoms with Gasteiger partial charge in [-0.15, -0.1) is 0 Å². The van der Waals surface area contributed by atoms with E-state index < -0.39 is 0 Å². The van der Waals surface area contributed by atoms with Crippen molar-refractivity contribution in [2.24, 2.45) is 0 Å². The largest absolute Gasteiger partial charge is 0.489 e. The highest BCUT2D eigenvalue weighted by Crippen LogP contribution is 2.13. The first-order chi connectivity index (χ1) is 7.69. The van der Waals surface area contributed by atoms with E-state index in [2.05, 4.69) is 15.3 Å². The average Bonchev–Trinajstić information content (AvgIpc) is 2.27. The third-order valence-electron chi connectivity index (χ3n) is 2.02. The van der Waals surface area contributed by atoms with Gasteiger partial charge in [0.1, 0.15) is 0 Å². The van der Waals surface area contributed by atoms with E-state index in [1.807, 2.05) is 13.8 Å². The number of methoxy groups -OCH3 is 1. The third-order valence-corrected chi connectivity index (χ3v) is 2.02. The van der Waals surface area contributed by atoms with Gasteiger partial charge in [0.2, 0.25) is 5.75 Å². The smallest absolute Gasteiger partial charge is 0.295 e. The summed E-state index contributed by atoms with van der Waals surface area (Å²) in [6, 6.07) is 0. The summed E-state index contributed by atoms with van der Waals surface area (Å²) in [6.07, 6.45) is 1.38. The van der Waals surface area contributed by atoms with Crippen LogP contribution in [0.1, 0.15) is 13.8 Å². The molecule has 6 nitrogen and oxygen atoms in total. The lowest BCUT2D eigenvalue weighted by Gasteiger charge is -2.13. The maximum atomic E-state index is 11.3. The molecule has 1 unspecified atom stereocenters. The van der Waals surface area contributed by atoms with Gasteiger partial charge in [0.05, 0.1) is 19.5 Å². The van der Waals surface area contributed by atoms with Crippen LogP contribution in [-0.2, 0) is 4.74 Å². The van der Waals surface area contributed by atoms with E-state index in [-0.39, 0.29) is 17.4 Å². The summed E-state index contributed by atoms with van der Waals surface area (Å²) < 4.78 is 10.3. The Bertz CT molecular complexity index is 378. The fraction of sp³-hybridized carbons (Fsp3) is 0.600. The zero-order valence-electron chi connectivity index (χ0n) is 9.74. The van der Waals surface area contributed by atoms with Crippen LogP contribution >= 0.6 is 0 Å². The Kier molecular flexibility index (Phi) is 4.78. The first-order valence-electron chi connectivity index (χ1n) is 5.16. The Labute approximate surface area is 94.0 Å². The van der Waals surface area contributed by atoms with E-state index >= 15 is 0 Å². The monoisotopic (exact) mass is 227 g/mol. The molecular formula is C10H17N3O3. The van der Waals surface area contributed by atoms with E-state index in [0.717, 1.165) is 0 Å². The number of nitrogens with zero attached hydrogens (tertiary/aromatic N) is 1. The Balaban J connectivity index is 2.66. The predicted molar refractivity (Wildman–Crippen MR) is 61.0 cm³/mol. The lowest BCUT2D eigenvalue weighted by molar-refractivity contribution is 0.0854. The van der Waals surface area contributed by atoms with E-state index in [0.29, 0.717) is 19.0 Å². The van der Waals surface area contributed by atoms with Crippen molar-refractivity contribution in [3.8, 4) is 5.75 Å². The molecule has 0 spiro atoms. The standard InChI is InChI=1S/C10H17N3O3/c1-4-16-7(2)5-11-9-8(15-3)10(14)13-6-12-9/h6-7H,4-5H2,1-3H3,(H2,11,12,13,14). The molecule has 0 amide bonds. The molecule has 0 aliphatic carbocycles. The minimum absolute atomic E-state index is 0.0517. The second kappa shape index (κ2) is 6.12. The number of hydrogen-bond donors (Lipinski definition) is 2. The highest BCUT2D eigenvalue weighted by molar-refractivity contribution is 5.47. The number of anilines is 1. The number of nitrogens with one attached hydrogen (secondary N) is 2. The maximum absolute atomic E-state index is 11.3. The van der Waals surface area contributed by atoms with Gasteiger partial charge in [-0.3, -0.25) is 4.79 Å². The van der Waals surface area contributed by atoms with Gasteiger partial charge in [0, 0.05) is 13.2 Å². The lowest BCUT2D eigenvalue weighted by atomic mass is 10.4. The van der Waals surface area contributed by atoms with Crippen molar-refractivity contribution >= 4 is 5.82 Å². The van der Waals surface area contributed by atoms with Crippen LogP contribution in [0.3, 0.4) is 0 Å². The second-order valence-corrected chi connectivity index (χ2v) is 3.26. The molecule has 0 aromatic carbocycles. The molecule has 1 aromatic rings. The van der Waals surface area contributed by atoms with Gasteiger partial charge in [-0.25, -0.2) is 4.98 Å². The molecule has 2 N–H and O–H groups in total. The third kappa shape index (κ3) is 3.23. The van der Waals surface area contributed by atoms with Crippen molar-refractivity contribution in [1.29, 1.82) is 0 Å². The van der Waals surface area contributed by atoms with Crippen LogP contribution in [-0.4, -0.2) is 36.3 Å². The number of H-pyrrole nitrogens is 1. The van der Waals surface area contributed by atoms with Crippen LogP contribution in [0.25, 0.3) is 0 Å². The lowest BCUT2D eigenvalue weighted by Crippen LogP contribution is -2.22. The average molecular weight is 227 g/mol. The van der Waals surface area contributed by atoms with E-state index in [1.165, 1.54) is 13.4 Å². The number of aromatic nitrogens is 2. The summed E-state index contributed by atoms with van der Waals surface area (Å²) in [4.78, 5) is 17.8. The van der Waals surface area contributed by atoms with Crippen LogP contribution in [0.4, 0.5) is 5.82 Å². The number of rotatable bonds is 6. The molecule has 0 aliphatic heterocycles. The quantitative estimate of drug-likeness (QED) is 0.745. The van der Waals surface area contributed by atoms with Crippen LogP contribution in [0.15, 0.2) is 11.1 Å². The van der Waals surface area contributed by atoms with Crippen molar-refractivity contribution in [3.05, 3.63) is 16.7 Å². The van der Waals surface area contributed by atoms with Crippen LogP contribution in [0, 0.1) is 0 Å². The van der Waals surface area contributed by atoms with Crippen molar-refractivity contribution < 1.29 is 9.47 Å². The summed E-state index contributed by atoms with van der Waals surface area (Å²) in [5.74, 6) is 0.615. The first-order valence-corrected chi connectivity index (χ1v) is 5.16. The minimum atomic E-state index is -0.302. The van der Waals surface area contributed by atoms with Crippen molar-refractivity contribution in [3.63, 3.8) is 0 Å². The molecule has 0 saturated heterocycles. The Morgan fingerprint density at radius 3 is 3.00 bits per heavy atom. The van der Waals surface area contributed by atoms with Crippen LogP contribution in [0.5, 0.6) is 5.75 Å². The number of hydrogen-bond acceptors (Lipinski definition) is 5. The fourth-order valence-corrected chi connectivity index (χ4v) is 1.29. The van der Waals surface area contributed by atoms with Gasteiger partial charge >= 0.3 is 0 Å². The van der Waals surface area contributed by atoms with Crippen LogP contribution < -0.4 is 15.6 Å². The minimum Gasteiger partial charge on any atom is -0.489 e. The van der Waals surface area contributed by atoms with Crippen molar-refractivity contribution in [2.75, 3.05) is 25.6 Å². The molecule has 0 radical (unpaired) electrons. The van der Waals surface area contributed by atoms with E-state index in [1.54, 1.807) is 0 Å². The molecule has 0 bridgehead atoms. The fourth-order valence-electron chi connectivity index (χ4n) is 1.29. The molecule has 1 atom stereocenters. The van der Waals surface area contributed by atoms with Gasteiger partial charge < -0.3 is 19.8 Å². The second-order valence-electron chi connectivity index (χ2n) is 3.26. The zero-order chi connectivity index (χ0) is 12.0. The Morgan fingerprint density at radius 1 is 1.62 bits per heavy atom. The molecule has 1 rings (SSSR count). The predicted octanol–water partition coefficient (Wildman–Crippen LogP) is 0.615. The van der Waals surface area contributed by atoms with Gasteiger partial charge in [0.25, 0.3) is 5.56 Å². The molecule has 16 heavy (non-hydrogen) atoms. The van der Waals surface area contributed by atoms with E-state index in [4.69, 9.17) is 9.47 Å². The molecule has 0 saturated carbocycles. The molecule has 0 aliphatic rings. The van der Waals surface area contributed by atoms with Gasteiger partial charge in [-0.2, -0.15) is 0 Å². The molecule has 6 heteroatoms. The SMILES string of the molecule is CCOC(C)CNc1nc[nH]c(=O)c1OC. The zero-order valence-corrected chi connectivity index (χ0v) is 9.74. The maximum Gasteiger partial charge on any atom is 0.295 e. The molecule has 1 heterocycles. The molecule has 0 fully saturated rings. The summed E-state index contributed by atoms with van der Waals surface area (Å²) in [5, 5.41) is 3.01. The van der Waals surface area contributed by atoms with E-state index in [9.17, 15) is 4.79 Å².